The Hall–Kier alpha value is -3.49. The van der Waals surface area contributed by atoms with Crippen LogP contribution in [0.2, 0.25) is 0 Å². The van der Waals surface area contributed by atoms with Gasteiger partial charge in [0.15, 0.2) is 5.82 Å². The number of methoxy groups -OCH3 is 1. The summed E-state index contributed by atoms with van der Waals surface area (Å²) in [6, 6.07) is 7.61. The van der Waals surface area contributed by atoms with Crippen molar-refractivity contribution in [1.82, 2.24) is 24.7 Å². The third-order valence-corrected chi connectivity index (χ3v) is 5.02. The van der Waals surface area contributed by atoms with Gasteiger partial charge in [-0.3, -0.25) is 4.79 Å². The first kappa shape index (κ1) is 18.9. The van der Waals surface area contributed by atoms with Gasteiger partial charge in [-0.2, -0.15) is 5.10 Å². The maximum Gasteiger partial charge on any atom is 0.229 e. The van der Waals surface area contributed by atoms with Crippen molar-refractivity contribution in [3.8, 4) is 11.6 Å². The number of hydrogen-bond donors (Lipinski definition) is 1. The van der Waals surface area contributed by atoms with Crippen LogP contribution in [-0.4, -0.2) is 50.8 Å². The minimum absolute atomic E-state index is 0.0100. The lowest BCUT2D eigenvalue weighted by Crippen LogP contribution is -2.41. The summed E-state index contributed by atoms with van der Waals surface area (Å²) in [4.78, 5) is 27.6. The number of hydrogen-bond acceptors (Lipinski definition) is 7. The van der Waals surface area contributed by atoms with Gasteiger partial charge in [0, 0.05) is 19.2 Å². The van der Waals surface area contributed by atoms with Crippen LogP contribution in [-0.2, 0) is 4.79 Å². The highest BCUT2D eigenvalue weighted by Gasteiger charge is 2.27. The molecule has 3 heterocycles. The summed E-state index contributed by atoms with van der Waals surface area (Å²) in [6.07, 6.45) is 6.30. The molecule has 1 aliphatic rings. The molecule has 29 heavy (non-hydrogen) atoms. The molecular weight excluding hydrogens is 370 g/mol. The number of ether oxygens (including phenoxy) is 1. The van der Waals surface area contributed by atoms with Crippen molar-refractivity contribution in [2.45, 2.75) is 19.8 Å². The smallest absolute Gasteiger partial charge is 0.229 e. The van der Waals surface area contributed by atoms with Gasteiger partial charge in [-0.15, -0.1) is 0 Å². The zero-order chi connectivity index (χ0) is 20.2. The average Bonchev–Trinajstić information content (AvgIpc) is 3.29. The van der Waals surface area contributed by atoms with Crippen molar-refractivity contribution >= 4 is 17.4 Å². The fourth-order valence-electron chi connectivity index (χ4n) is 3.52. The summed E-state index contributed by atoms with van der Waals surface area (Å²) in [6.45, 7) is 3.42. The van der Waals surface area contributed by atoms with Crippen molar-refractivity contribution in [1.29, 1.82) is 0 Å². The van der Waals surface area contributed by atoms with Gasteiger partial charge in [0.1, 0.15) is 30.5 Å². The fraction of sp³-hybridized carbons (Fsp3) is 0.350. The maximum absolute atomic E-state index is 12.9. The van der Waals surface area contributed by atoms with Gasteiger partial charge in [-0.25, -0.2) is 19.6 Å². The molecule has 0 unspecified atom stereocenters. The number of benzene rings is 1. The van der Waals surface area contributed by atoms with Crippen LogP contribution in [0.15, 0.2) is 43.2 Å². The lowest BCUT2D eigenvalue weighted by atomic mass is 9.97. The summed E-state index contributed by atoms with van der Waals surface area (Å²) >= 11 is 0. The lowest BCUT2D eigenvalue weighted by molar-refractivity contribution is -0.120. The van der Waals surface area contributed by atoms with E-state index in [1.807, 2.05) is 31.2 Å². The molecule has 0 spiro atoms. The summed E-state index contributed by atoms with van der Waals surface area (Å²) in [5, 5.41) is 7.14. The van der Waals surface area contributed by atoms with Gasteiger partial charge in [0.2, 0.25) is 5.91 Å². The summed E-state index contributed by atoms with van der Waals surface area (Å²) in [5.74, 6) is 1.92. The molecule has 9 heteroatoms. The molecule has 1 N–H and O–H groups in total. The molecule has 150 valence electrons. The SMILES string of the molecule is COc1ccc(C)cc1NC(=O)[C@@H]1CCCN(c2cc(-n3cncn3)ncn2)C1. The summed E-state index contributed by atoms with van der Waals surface area (Å²) in [5.41, 5.74) is 1.76. The molecule has 1 amide bonds. The standard InChI is InChI=1S/C20H23N7O2/c1-14-5-6-17(29-2)16(8-14)25-20(28)15-4-3-7-26(10-15)18-9-19(23-12-22-18)27-13-21-11-24-27/h5-6,8-9,11-13,15H,3-4,7,10H2,1-2H3,(H,25,28)/t15-/m1/s1. The summed E-state index contributed by atoms with van der Waals surface area (Å²) < 4.78 is 6.96. The summed E-state index contributed by atoms with van der Waals surface area (Å²) in [7, 11) is 1.60. The molecule has 3 aromatic rings. The second-order valence-electron chi connectivity index (χ2n) is 7.05. The number of carbonyl (C=O) groups excluding carboxylic acids is 1. The van der Waals surface area contributed by atoms with E-state index < -0.39 is 0 Å². The molecule has 0 saturated carbocycles. The van der Waals surface area contributed by atoms with Crippen molar-refractivity contribution in [2.75, 3.05) is 30.4 Å². The van der Waals surface area contributed by atoms with Gasteiger partial charge in [-0.1, -0.05) is 6.07 Å². The van der Waals surface area contributed by atoms with Crippen LogP contribution in [0.5, 0.6) is 5.75 Å². The zero-order valence-corrected chi connectivity index (χ0v) is 16.4. The predicted octanol–water partition coefficient (Wildman–Crippen LogP) is 2.23. The predicted molar refractivity (Wildman–Crippen MR) is 108 cm³/mol. The van der Waals surface area contributed by atoms with Gasteiger partial charge >= 0.3 is 0 Å². The van der Waals surface area contributed by atoms with Gasteiger partial charge in [0.05, 0.1) is 18.7 Å². The molecule has 1 aromatic carbocycles. The topological polar surface area (TPSA) is 98.1 Å². The van der Waals surface area contributed by atoms with E-state index in [-0.39, 0.29) is 11.8 Å². The number of rotatable bonds is 5. The minimum Gasteiger partial charge on any atom is -0.495 e. The van der Waals surface area contributed by atoms with Crippen molar-refractivity contribution in [3.63, 3.8) is 0 Å². The highest BCUT2D eigenvalue weighted by atomic mass is 16.5. The first-order chi connectivity index (χ1) is 14.1. The van der Waals surface area contributed by atoms with Gasteiger partial charge < -0.3 is 15.0 Å². The highest BCUT2D eigenvalue weighted by molar-refractivity contribution is 5.94. The van der Waals surface area contributed by atoms with Gasteiger partial charge in [0.25, 0.3) is 0 Å². The molecule has 1 fully saturated rings. The first-order valence-corrected chi connectivity index (χ1v) is 9.51. The van der Waals surface area contributed by atoms with Crippen LogP contribution in [0, 0.1) is 12.8 Å². The zero-order valence-electron chi connectivity index (χ0n) is 16.4. The highest BCUT2D eigenvalue weighted by Crippen LogP contribution is 2.28. The van der Waals surface area contributed by atoms with Crippen molar-refractivity contribution < 1.29 is 9.53 Å². The number of piperidine rings is 1. The molecule has 9 nitrogen and oxygen atoms in total. The Balaban J connectivity index is 1.48. The molecule has 1 atom stereocenters. The van der Waals surface area contributed by atoms with Crippen molar-refractivity contribution in [2.24, 2.45) is 5.92 Å². The van der Waals surface area contributed by atoms with Gasteiger partial charge in [-0.05, 0) is 37.5 Å². The molecule has 1 aliphatic heterocycles. The van der Waals surface area contributed by atoms with E-state index in [4.69, 9.17) is 4.74 Å². The Labute approximate surface area is 168 Å². The quantitative estimate of drug-likeness (QED) is 0.710. The van der Waals surface area contributed by atoms with Crippen LogP contribution in [0.4, 0.5) is 11.5 Å². The number of aryl methyl sites for hydroxylation is 1. The Morgan fingerprint density at radius 1 is 1.21 bits per heavy atom. The molecule has 2 aromatic heterocycles. The van der Waals surface area contributed by atoms with E-state index >= 15 is 0 Å². The number of nitrogens with zero attached hydrogens (tertiary/aromatic N) is 6. The molecule has 0 bridgehead atoms. The van der Waals surface area contributed by atoms with E-state index in [1.54, 1.807) is 18.1 Å². The number of anilines is 2. The fourth-order valence-corrected chi connectivity index (χ4v) is 3.52. The Morgan fingerprint density at radius 3 is 2.86 bits per heavy atom. The van der Waals surface area contributed by atoms with Crippen LogP contribution in [0.3, 0.4) is 0 Å². The minimum atomic E-state index is -0.140. The maximum atomic E-state index is 12.9. The lowest BCUT2D eigenvalue weighted by Gasteiger charge is -2.33. The third kappa shape index (κ3) is 4.18. The van der Waals surface area contributed by atoms with Crippen LogP contribution < -0.4 is 15.0 Å². The number of aromatic nitrogens is 5. The van der Waals surface area contributed by atoms with E-state index in [9.17, 15) is 4.79 Å². The number of carbonyl (C=O) groups is 1. The molecule has 0 aliphatic carbocycles. The number of amides is 1. The van der Waals surface area contributed by atoms with E-state index in [1.165, 1.54) is 12.7 Å². The molecule has 0 radical (unpaired) electrons. The average molecular weight is 393 g/mol. The second kappa shape index (κ2) is 8.26. The van der Waals surface area contributed by atoms with Crippen LogP contribution in [0.25, 0.3) is 5.82 Å². The van der Waals surface area contributed by atoms with Crippen LogP contribution in [0.1, 0.15) is 18.4 Å². The normalized spacial score (nSPS) is 16.5. The van der Waals surface area contributed by atoms with Crippen molar-refractivity contribution in [3.05, 3.63) is 48.8 Å². The molecular formula is C20H23N7O2. The van der Waals surface area contributed by atoms with E-state index in [0.717, 1.165) is 30.8 Å². The van der Waals surface area contributed by atoms with Crippen LogP contribution >= 0.6 is 0 Å². The Bertz CT molecular complexity index is 990. The largest absolute Gasteiger partial charge is 0.495 e. The second-order valence-corrected chi connectivity index (χ2v) is 7.05. The third-order valence-electron chi connectivity index (χ3n) is 5.02. The Kier molecular flexibility index (Phi) is 5.37. The van der Waals surface area contributed by atoms with E-state index in [2.05, 4.69) is 30.3 Å². The molecule has 4 rings (SSSR count). The first-order valence-electron chi connectivity index (χ1n) is 9.51. The monoisotopic (exact) mass is 393 g/mol. The molecule has 1 saturated heterocycles. The Morgan fingerprint density at radius 2 is 2.07 bits per heavy atom. The van der Waals surface area contributed by atoms with E-state index in [0.29, 0.717) is 23.8 Å². The number of nitrogens with one attached hydrogen (secondary N) is 1.